The largest absolute Gasteiger partial charge is 0.317 e. The zero-order valence-electron chi connectivity index (χ0n) is 8.97. The van der Waals surface area contributed by atoms with Gasteiger partial charge in [-0.05, 0) is 6.92 Å². The van der Waals surface area contributed by atoms with Crippen molar-refractivity contribution in [3.05, 3.63) is 0 Å². The Kier molecular flexibility index (Phi) is 5.93. The van der Waals surface area contributed by atoms with E-state index in [1.165, 1.54) is 13.8 Å². The van der Waals surface area contributed by atoms with Gasteiger partial charge in [0.2, 0.25) is 5.79 Å². The average molecular weight is 231 g/mol. The summed E-state index contributed by atoms with van der Waals surface area (Å²) in [6, 6.07) is 1.55. The van der Waals surface area contributed by atoms with E-state index in [0.29, 0.717) is 0 Å². The summed E-state index contributed by atoms with van der Waals surface area (Å²) in [6.07, 6.45) is 4.85. The first kappa shape index (κ1) is 14.8. The maximum absolute atomic E-state index is 8.69. The number of nitriles is 1. The van der Waals surface area contributed by atoms with Crippen LogP contribution in [-0.4, -0.2) is 22.1 Å². The Labute approximate surface area is 92.9 Å². The Bertz CT molecular complexity index is 289. The van der Waals surface area contributed by atoms with Crippen molar-refractivity contribution in [3.8, 4) is 18.4 Å². The smallest absolute Gasteiger partial charge is 0.249 e. The second kappa shape index (κ2) is 6.40. The molecule has 2 unspecified atom stereocenters. The fourth-order valence-electron chi connectivity index (χ4n) is 0.675. The van der Waals surface area contributed by atoms with Crippen LogP contribution in [-0.2, 0) is 19.6 Å². The minimum Gasteiger partial charge on any atom is -0.249 e. The third-order valence-corrected chi connectivity index (χ3v) is 1.75. The van der Waals surface area contributed by atoms with Crippen LogP contribution in [0.2, 0.25) is 0 Å². The lowest BCUT2D eigenvalue weighted by atomic mass is 10.2. The van der Waals surface area contributed by atoms with Crippen molar-refractivity contribution < 1.29 is 30.1 Å². The molecule has 0 fully saturated rings. The Hall–Kier alpha value is -1.19. The SMILES string of the molecule is C#CCC(C)(OO)OOC(C#N)(CC)OO. The van der Waals surface area contributed by atoms with Crippen LogP contribution in [0.15, 0.2) is 0 Å². The second-order valence-electron chi connectivity index (χ2n) is 3.08. The molecule has 0 amide bonds. The van der Waals surface area contributed by atoms with Crippen molar-refractivity contribution in [1.29, 1.82) is 5.26 Å². The second-order valence-corrected chi connectivity index (χ2v) is 3.08. The third kappa shape index (κ3) is 3.76. The first-order valence-electron chi connectivity index (χ1n) is 4.38. The zero-order chi connectivity index (χ0) is 12.7. The van der Waals surface area contributed by atoms with Crippen LogP contribution in [0.4, 0.5) is 0 Å². The number of terminal acetylenes is 1. The molecule has 16 heavy (non-hydrogen) atoms. The monoisotopic (exact) mass is 231 g/mol. The molecule has 90 valence electrons. The number of rotatable bonds is 7. The van der Waals surface area contributed by atoms with E-state index >= 15 is 0 Å². The van der Waals surface area contributed by atoms with E-state index in [-0.39, 0.29) is 12.8 Å². The molecule has 0 aliphatic carbocycles. The Morgan fingerprint density at radius 3 is 2.25 bits per heavy atom. The highest BCUT2D eigenvalue weighted by atomic mass is 17.3. The fourth-order valence-corrected chi connectivity index (χ4v) is 0.675. The molecule has 0 bridgehead atoms. The van der Waals surface area contributed by atoms with Crippen LogP contribution in [0.3, 0.4) is 0 Å². The molecule has 0 heterocycles. The summed E-state index contributed by atoms with van der Waals surface area (Å²) in [5.74, 6) is -1.47. The lowest BCUT2D eigenvalue weighted by Crippen LogP contribution is -2.39. The molecule has 0 aliphatic heterocycles. The number of nitrogens with zero attached hydrogens (tertiary/aromatic N) is 1. The van der Waals surface area contributed by atoms with E-state index in [1.807, 2.05) is 0 Å². The third-order valence-electron chi connectivity index (χ3n) is 1.75. The van der Waals surface area contributed by atoms with Gasteiger partial charge in [-0.3, -0.25) is 0 Å². The summed E-state index contributed by atoms with van der Waals surface area (Å²) in [7, 11) is 0. The molecule has 0 saturated heterocycles. The van der Waals surface area contributed by atoms with Crippen LogP contribution in [0.25, 0.3) is 0 Å². The topological polar surface area (TPSA) is 101 Å². The maximum atomic E-state index is 8.69. The van der Waals surface area contributed by atoms with Gasteiger partial charge in [-0.15, -0.1) is 12.3 Å². The molecule has 0 aliphatic rings. The van der Waals surface area contributed by atoms with E-state index < -0.39 is 11.6 Å². The average Bonchev–Trinajstić information content (AvgIpc) is 2.32. The van der Waals surface area contributed by atoms with Gasteiger partial charge < -0.3 is 0 Å². The van der Waals surface area contributed by atoms with E-state index in [9.17, 15) is 0 Å². The van der Waals surface area contributed by atoms with Crippen molar-refractivity contribution in [2.24, 2.45) is 0 Å². The predicted molar refractivity (Wildman–Crippen MR) is 50.1 cm³/mol. The molecule has 0 aromatic carbocycles. The van der Waals surface area contributed by atoms with E-state index in [0.717, 1.165) is 0 Å². The molecular formula is C9H13NO6. The van der Waals surface area contributed by atoms with E-state index in [4.69, 9.17) is 22.2 Å². The standard InChI is InChI=1S/C9H13NO6/c1-4-6-8(3,13-11)15-16-9(5-2,7-10)14-12/h1,11-12H,5-6H2,2-3H3. The van der Waals surface area contributed by atoms with Gasteiger partial charge in [0.15, 0.2) is 0 Å². The fraction of sp³-hybridized carbons (Fsp3) is 0.667. The first-order valence-corrected chi connectivity index (χ1v) is 4.38. The van der Waals surface area contributed by atoms with Gasteiger partial charge in [-0.2, -0.15) is 24.8 Å². The summed E-state index contributed by atoms with van der Waals surface area (Å²) in [5, 5.41) is 25.7. The van der Waals surface area contributed by atoms with Gasteiger partial charge in [-0.25, -0.2) is 10.5 Å². The first-order chi connectivity index (χ1) is 7.51. The van der Waals surface area contributed by atoms with Crippen molar-refractivity contribution >= 4 is 0 Å². The number of hydrogen-bond acceptors (Lipinski definition) is 7. The van der Waals surface area contributed by atoms with Gasteiger partial charge in [0.25, 0.3) is 0 Å². The summed E-state index contributed by atoms with van der Waals surface area (Å²) >= 11 is 0. The minimum atomic E-state index is -1.99. The molecule has 0 spiro atoms. The van der Waals surface area contributed by atoms with Crippen molar-refractivity contribution in [1.82, 2.24) is 0 Å². The predicted octanol–water partition coefficient (Wildman–Crippen LogP) is 1.28. The highest BCUT2D eigenvalue weighted by Gasteiger charge is 2.37. The molecule has 0 radical (unpaired) electrons. The lowest BCUT2D eigenvalue weighted by molar-refractivity contribution is -0.556. The summed E-state index contributed by atoms with van der Waals surface area (Å²) in [4.78, 5) is 17.0. The van der Waals surface area contributed by atoms with Gasteiger partial charge in [-0.1, -0.05) is 6.92 Å². The normalized spacial score (nSPS) is 17.9. The van der Waals surface area contributed by atoms with Gasteiger partial charge >= 0.3 is 5.79 Å². The molecule has 0 rings (SSSR count). The highest BCUT2D eigenvalue weighted by Crippen LogP contribution is 2.23. The van der Waals surface area contributed by atoms with E-state index in [1.54, 1.807) is 6.07 Å². The summed E-state index contributed by atoms with van der Waals surface area (Å²) < 4.78 is 0. The van der Waals surface area contributed by atoms with Crippen LogP contribution in [0, 0.1) is 23.7 Å². The maximum Gasteiger partial charge on any atom is 0.317 e. The molecule has 0 saturated carbocycles. The van der Waals surface area contributed by atoms with Crippen molar-refractivity contribution in [3.63, 3.8) is 0 Å². The lowest BCUT2D eigenvalue weighted by Gasteiger charge is -2.27. The van der Waals surface area contributed by atoms with Crippen LogP contribution < -0.4 is 0 Å². The van der Waals surface area contributed by atoms with Gasteiger partial charge in [0, 0.05) is 6.42 Å². The van der Waals surface area contributed by atoms with Crippen LogP contribution in [0.1, 0.15) is 26.7 Å². The van der Waals surface area contributed by atoms with Crippen molar-refractivity contribution in [2.75, 3.05) is 0 Å². The van der Waals surface area contributed by atoms with Crippen LogP contribution in [0.5, 0.6) is 0 Å². The Balaban J connectivity index is 4.52. The molecule has 0 aromatic rings. The Morgan fingerprint density at radius 1 is 1.31 bits per heavy atom. The highest BCUT2D eigenvalue weighted by molar-refractivity contribution is 4.92. The quantitative estimate of drug-likeness (QED) is 0.294. The number of hydrogen-bond donors (Lipinski definition) is 2. The molecular weight excluding hydrogens is 218 g/mol. The molecule has 7 heteroatoms. The van der Waals surface area contributed by atoms with Gasteiger partial charge in [0.1, 0.15) is 6.07 Å². The minimum absolute atomic E-state index is 0.0163. The van der Waals surface area contributed by atoms with Crippen LogP contribution >= 0.6 is 0 Å². The molecule has 7 nitrogen and oxygen atoms in total. The summed E-state index contributed by atoms with van der Waals surface area (Å²) in [5.41, 5.74) is 0. The molecule has 0 aromatic heterocycles. The Morgan fingerprint density at radius 2 is 1.94 bits per heavy atom. The van der Waals surface area contributed by atoms with E-state index in [2.05, 4.69) is 25.5 Å². The molecule has 2 atom stereocenters. The van der Waals surface area contributed by atoms with Crippen molar-refractivity contribution in [2.45, 2.75) is 38.3 Å². The van der Waals surface area contributed by atoms with Gasteiger partial charge in [0.05, 0.1) is 6.42 Å². The summed E-state index contributed by atoms with van der Waals surface area (Å²) in [6.45, 7) is 2.79. The zero-order valence-corrected chi connectivity index (χ0v) is 8.97. The molecule has 2 N–H and O–H groups in total.